The molecule has 0 aliphatic carbocycles. The average molecular weight is 573 g/mol. The van der Waals surface area contributed by atoms with Crippen LogP contribution in [0.15, 0.2) is 30.9 Å². The second kappa shape index (κ2) is 13.1. The van der Waals surface area contributed by atoms with E-state index in [1.807, 2.05) is 24.5 Å². The quantitative estimate of drug-likeness (QED) is 0.534. The van der Waals surface area contributed by atoms with Crippen LogP contribution in [0.4, 0.5) is 36.6 Å². The molecule has 2 saturated heterocycles. The number of piperidine rings is 1. The zero-order valence-electron chi connectivity index (χ0n) is 20.5. The zero-order chi connectivity index (χ0) is 29.4. The van der Waals surface area contributed by atoms with Gasteiger partial charge in [0.2, 0.25) is 0 Å². The lowest BCUT2D eigenvalue weighted by Crippen LogP contribution is -2.59. The number of hydrogen-bond acceptors (Lipinski definition) is 7. The van der Waals surface area contributed by atoms with Crippen molar-refractivity contribution >= 4 is 17.8 Å². The number of rotatable bonds is 3. The van der Waals surface area contributed by atoms with Crippen LogP contribution in [-0.4, -0.2) is 92.3 Å². The first-order chi connectivity index (χ1) is 18.0. The Labute approximate surface area is 217 Å². The summed E-state index contributed by atoms with van der Waals surface area (Å²) in [6.07, 6.45) is -2.79. The lowest BCUT2D eigenvalue weighted by atomic mass is 9.90. The van der Waals surface area contributed by atoms with E-state index in [-0.39, 0.29) is 11.4 Å². The van der Waals surface area contributed by atoms with E-state index in [9.17, 15) is 30.7 Å². The molecule has 0 radical (unpaired) electrons. The number of ether oxygens (including phenoxy) is 1. The van der Waals surface area contributed by atoms with Crippen molar-refractivity contribution in [1.29, 1.82) is 0 Å². The zero-order valence-corrected chi connectivity index (χ0v) is 20.5. The number of pyridine rings is 1. The van der Waals surface area contributed by atoms with Gasteiger partial charge in [-0.3, -0.25) is 4.90 Å². The van der Waals surface area contributed by atoms with Crippen LogP contribution in [0.5, 0.6) is 0 Å². The van der Waals surface area contributed by atoms with E-state index in [2.05, 4.69) is 19.4 Å². The smallest absolute Gasteiger partial charge is 0.475 e. The maximum absolute atomic E-state index is 14.1. The first-order valence-corrected chi connectivity index (χ1v) is 11.3. The lowest BCUT2D eigenvalue weighted by molar-refractivity contribution is -0.193. The van der Waals surface area contributed by atoms with Crippen molar-refractivity contribution in [2.45, 2.75) is 37.3 Å². The van der Waals surface area contributed by atoms with Crippen molar-refractivity contribution in [3.8, 4) is 0 Å². The molecule has 39 heavy (non-hydrogen) atoms. The molecule has 1 atom stereocenters. The number of aromatic nitrogens is 3. The molecule has 10 nitrogen and oxygen atoms in total. The van der Waals surface area contributed by atoms with Gasteiger partial charge in [0.05, 0.1) is 24.2 Å². The van der Waals surface area contributed by atoms with Crippen LogP contribution in [0.3, 0.4) is 0 Å². The number of carboxylic acids is 2. The van der Waals surface area contributed by atoms with Crippen LogP contribution in [0.1, 0.15) is 18.5 Å². The van der Waals surface area contributed by atoms with Gasteiger partial charge in [-0.25, -0.2) is 23.9 Å². The second-order valence-electron chi connectivity index (χ2n) is 8.68. The minimum Gasteiger partial charge on any atom is -0.475 e. The third kappa shape index (κ3) is 9.65. The third-order valence-corrected chi connectivity index (χ3v) is 5.69. The molecular formula is C22H26F7N5O5. The summed E-state index contributed by atoms with van der Waals surface area (Å²) >= 11 is 0. The number of morpholine rings is 1. The van der Waals surface area contributed by atoms with Crippen molar-refractivity contribution in [3.63, 3.8) is 0 Å². The minimum atomic E-state index is -5.08. The summed E-state index contributed by atoms with van der Waals surface area (Å²) in [5.41, 5.74) is 0.944. The van der Waals surface area contributed by atoms with Gasteiger partial charge < -0.3 is 24.4 Å². The van der Waals surface area contributed by atoms with E-state index >= 15 is 0 Å². The van der Waals surface area contributed by atoms with Crippen molar-refractivity contribution in [3.05, 3.63) is 42.4 Å². The number of anilines is 1. The standard InChI is InChI=1S/C18H24FN5O.2C2HF3O2/c1-22-14-20-10-15(22)11-23-8-9-25-18(12-23)5-3-7-24(13-18)17-16(19)4-2-6-21-17;2*3-2(4,5)1(6)7/h2,4,6,10,14H,3,5,7-9,11-13H2,1H3;2*(H,6,7). The van der Waals surface area contributed by atoms with Crippen LogP contribution in [0.25, 0.3) is 0 Å². The normalized spacial score (nSPS) is 19.9. The lowest BCUT2D eigenvalue weighted by Gasteiger charge is -2.48. The number of alkyl halides is 6. The van der Waals surface area contributed by atoms with Gasteiger partial charge in [-0.1, -0.05) is 0 Å². The first kappa shape index (κ1) is 31.7. The Morgan fingerprint density at radius 3 is 2.21 bits per heavy atom. The Balaban J connectivity index is 0.000000317. The maximum Gasteiger partial charge on any atom is 0.490 e. The van der Waals surface area contributed by atoms with E-state index < -0.39 is 24.3 Å². The summed E-state index contributed by atoms with van der Waals surface area (Å²) in [7, 11) is 2.02. The number of carbonyl (C=O) groups is 2. The van der Waals surface area contributed by atoms with Gasteiger partial charge in [-0.2, -0.15) is 26.3 Å². The molecule has 2 aliphatic rings. The molecule has 1 spiro atoms. The van der Waals surface area contributed by atoms with Gasteiger partial charge in [-0.05, 0) is 25.0 Å². The predicted octanol–water partition coefficient (Wildman–Crippen LogP) is 3.09. The summed E-state index contributed by atoms with van der Waals surface area (Å²) in [6.45, 7) is 4.83. The molecule has 2 aromatic heterocycles. The molecule has 4 rings (SSSR count). The predicted molar refractivity (Wildman–Crippen MR) is 120 cm³/mol. The fraction of sp³-hybridized carbons (Fsp3) is 0.545. The monoisotopic (exact) mass is 573 g/mol. The molecule has 0 amide bonds. The molecule has 218 valence electrons. The highest BCUT2D eigenvalue weighted by Crippen LogP contribution is 2.32. The summed E-state index contributed by atoms with van der Waals surface area (Å²) in [5, 5.41) is 14.2. The molecule has 0 saturated carbocycles. The van der Waals surface area contributed by atoms with Gasteiger partial charge in [0.15, 0.2) is 11.6 Å². The number of aryl methyl sites for hydroxylation is 1. The molecule has 4 heterocycles. The van der Waals surface area contributed by atoms with Gasteiger partial charge in [0, 0.05) is 52.2 Å². The van der Waals surface area contributed by atoms with Crippen molar-refractivity contribution in [2.24, 2.45) is 7.05 Å². The number of imidazole rings is 1. The third-order valence-electron chi connectivity index (χ3n) is 5.69. The summed E-state index contributed by atoms with van der Waals surface area (Å²) in [5.74, 6) is -5.34. The molecule has 0 aromatic carbocycles. The van der Waals surface area contributed by atoms with Crippen LogP contribution < -0.4 is 4.90 Å². The van der Waals surface area contributed by atoms with E-state index in [0.29, 0.717) is 19.0 Å². The molecule has 2 fully saturated rings. The largest absolute Gasteiger partial charge is 0.490 e. The average Bonchev–Trinajstić information content (AvgIpc) is 3.23. The van der Waals surface area contributed by atoms with Gasteiger partial charge >= 0.3 is 24.3 Å². The summed E-state index contributed by atoms with van der Waals surface area (Å²) < 4.78 is 85.9. The molecular weight excluding hydrogens is 547 g/mol. The van der Waals surface area contributed by atoms with Gasteiger partial charge in [-0.15, -0.1) is 0 Å². The Morgan fingerprint density at radius 2 is 1.69 bits per heavy atom. The van der Waals surface area contributed by atoms with E-state index in [0.717, 1.165) is 39.0 Å². The van der Waals surface area contributed by atoms with Crippen LogP contribution in [0.2, 0.25) is 0 Å². The molecule has 1 unspecified atom stereocenters. The Hall–Kier alpha value is -3.47. The highest BCUT2D eigenvalue weighted by atomic mass is 19.4. The molecule has 2 N–H and O–H groups in total. The highest BCUT2D eigenvalue weighted by Gasteiger charge is 2.41. The Bertz CT molecular complexity index is 1080. The number of hydrogen-bond donors (Lipinski definition) is 2. The molecule has 2 aliphatic heterocycles. The summed E-state index contributed by atoms with van der Waals surface area (Å²) in [4.78, 5) is 30.7. The van der Waals surface area contributed by atoms with Crippen LogP contribution in [0, 0.1) is 5.82 Å². The Morgan fingerprint density at radius 1 is 1.08 bits per heavy atom. The number of halogens is 7. The highest BCUT2D eigenvalue weighted by molar-refractivity contribution is 5.73. The van der Waals surface area contributed by atoms with Crippen molar-refractivity contribution in [1.82, 2.24) is 19.4 Å². The second-order valence-corrected chi connectivity index (χ2v) is 8.68. The Kier molecular flexibility index (Phi) is 10.6. The van der Waals surface area contributed by atoms with Crippen molar-refractivity contribution < 1.29 is 55.3 Å². The van der Waals surface area contributed by atoms with E-state index in [1.54, 1.807) is 12.3 Å². The number of aliphatic carboxylic acids is 2. The molecule has 0 bridgehead atoms. The van der Waals surface area contributed by atoms with E-state index in [1.165, 1.54) is 11.8 Å². The fourth-order valence-corrected chi connectivity index (χ4v) is 3.96. The fourth-order valence-electron chi connectivity index (χ4n) is 3.96. The van der Waals surface area contributed by atoms with E-state index in [4.69, 9.17) is 24.5 Å². The van der Waals surface area contributed by atoms with Gasteiger partial charge in [0.25, 0.3) is 0 Å². The van der Waals surface area contributed by atoms with Crippen LogP contribution >= 0.6 is 0 Å². The van der Waals surface area contributed by atoms with Gasteiger partial charge in [0.1, 0.15) is 0 Å². The number of nitrogens with zero attached hydrogens (tertiary/aromatic N) is 5. The minimum absolute atomic E-state index is 0.251. The topological polar surface area (TPSA) is 121 Å². The SMILES string of the molecule is Cn1cncc1CN1CCOC2(CCCN(c3ncccc3F)C2)C1.O=C(O)C(F)(F)F.O=C(O)C(F)(F)F. The molecule has 17 heteroatoms. The summed E-state index contributed by atoms with van der Waals surface area (Å²) in [6, 6.07) is 3.10. The first-order valence-electron chi connectivity index (χ1n) is 11.3. The maximum atomic E-state index is 14.1. The number of carboxylic acid groups (broad SMARTS) is 2. The molecule has 2 aromatic rings. The van der Waals surface area contributed by atoms with Crippen molar-refractivity contribution in [2.75, 3.05) is 37.7 Å². The van der Waals surface area contributed by atoms with Crippen LogP contribution in [-0.2, 0) is 27.9 Å².